The Morgan fingerprint density at radius 2 is 2.00 bits per heavy atom. The van der Waals surface area contributed by atoms with Crippen molar-refractivity contribution in [3.05, 3.63) is 24.3 Å². The second-order valence-electron chi connectivity index (χ2n) is 9.24. The molecular formula is C20H26O6. The number of hydrogen-bond acceptors (Lipinski definition) is 5. The van der Waals surface area contributed by atoms with E-state index in [9.17, 15) is 30.0 Å². The Morgan fingerprint density at radius 1 is 1.35 bits per heavy atom. The predicted octanol–water partition coefficient (Wildman–Crippen LogP) is 1.05. The molecule has 4 aliphatic rings. The van der Waals surface area contributed by atoms with E-state index in [4.69, 9.17) is 0 Å². The van der Waals surface area contributed by atoms with Gasteiger partial charge in [0.2, 0.25) is 0 Å². The van der Waals surface area contributed by atoms with Crippen molar-refractivity contribution in [1.82, 2.24) is 0 Å². The van der Waals surface area contributed by atoms with Crippen molar-refractivity contribution < 1.29 is 30.0 Å². The van der Waals surface area contributed by atoms with Crippen molar-refractivity contribution in [1.29, 1.82) is 0 Å². The van der Waals surface area contributed by atoms with Crippen molar-refractivity contribution in [2.24, 2.45) is 28.1 Å². The number of hydrogen-bond donors (Lipinski definition) is 4. The zero-order chi connectivity index (χ0) is 19.3. The highest BCUT2D eigenvalue weighted by molar-refractivity contribution is 5.96. The third-order valence-electron chi connectivity index (χ3n) is 7.87. The van der Waals surface area contributed by atoms with E-state index in [0.29, 0.717) is 19.3 Å². The Kier molecular flexibility index (Phi) is 3.34. The zero-order valence-electron chi connectivity index (χ0n) is 15.1. The molecule has 6 heteroatoms. The zero-order valence-corrected chi connectivity index (χ0v) is 15.1. The van der Waals surface area contributed by atoms with Gasteiger partial charge in [-0.15, -0.1) is 6.58 Å². The quantitative estimate of drug-likeness (QED) is 0.546. The Labute approximate surface area is 152 Å². The fourth-order valence-electron chi connectivity index (χ4n) is 6.35. The Balaban J connectivity index is 1.96. The molecule has 0 aromatic carbocycles. The first-order valence-electron chi connectivity index (χ1n) is 9.20. The van der Waals surface area contributed by atoms with Crippen LogP contribution in [-0.4, -0.2) is 50.0 Å². The summed E-state index contributed by atoms with van der Waals surface area (Å²) in [5.41, 5.74) is -4.81. The van der Waals surface area contributed by atoms with Crippen molar-refractivity contribution >= 4 is 11.8 Å². The smallest absolute Gasteiger partial charge is 0.309 e. The van der Waals surface area contributed by atoms with E-state index in [2.05, 4.69) is 6.58 Å². The number of aliphatic hydroxyl groups excluding tert-OH is 2. The maximum absolute atomic E-state index is 13.2. The SMILES string of the molecule is C=C[C@]1(C)C=C2[C@@H](O)[C@H](O)[C@@H]3[C@@]4(C[C@@H]4CC[C@]3(C)C(=O)O)[C@@]2(O)C(=O)C1. The highest BCUT2D eigenvalue weighted by atomic mass is 16.4. The summed E-state index contributed by atoms with van der Waals surface area (Å²) in [4.78, 5) is 25.2. The molecular weight excluding hydrogens is 336 g/mol. The predicted molar refractivity (Wildman–Crippen MR) is 92.0 cm³/mol. The maximum Gasteiger partial charge on any atom is 0.309 e. The molecule has 0 amide bonds. The number of aliphatic carboxylic acids is 1. The van der Waals surface area contributed by atoms with E-state index in [1.54, 1.807) is 26.0 Å². The monoisotopic (exact) mass is 362 g/mol. The number of carboxylic acids is 1. The summed E-state index contributed by atoms with van der Waals surface area (Å²) in [5, 5.41) is 43.3. The number of rotatable bonds is 2. The lowest BCUT2D eigenvalue weighted by atomic mass is 9.47. The highest BCUT2D eigenvalue weighted by Crippen LogP contribution is 2.78. The van der Waals surface area contributed by atoms with E-state index in [1.807, 2.05) is 0 Å². The van der Waals surface area contributed by atoms with Gasteiger partial charge in [-0.05, 0) is 37.7 Å². The molecule has 0 unspecified atom stereocenters. The van der Waals surface area contributed by atoms with Crippen LogP contribution >= 0.6 is 0 Å². The Morgan fingerprint density at radius 3 is 2.58 bits per heavy atom. The number of aliphatic hydroxyl groups is 3. The summed E-state index contributed by atoms with van der Waals surface area (Å²) < 4.78 is 0. The second kappa shape index (κ2) is 4.86. The first kappa shape index (κ1) is 17.9. The normalized spacial score (nSPS) is 55.1. The first-order valence-corrected chi connectivity index (χ1v) is 9.20. The van der Waals surface area contributed by atoms with Gasteiger partial charge >= 0.3 is 5.97 Å². The first-order chi connectivity index (χ1) is 12.0. The minimum absolute atomic E-state index is 0.0208. The number of Topliss-reactive ketones (excluding diaryl/α,β-unsaturated/α-hetero) is 1. The molecule has 26 heavy (non-hydrogen) atoms. The molecule has 4 N–H and O–H groups in total. The fraction of sp³-hybridized carbons (Fsp3) is 0.700. The average Bonchev–Trinajstić information content (AvgIpc) is 3.31. The standard InChI is InChI=1S/C20H26O6/c1-4-17(2)8-11-13(22)14(23)15-18(3,16(24)25)6-5-10-7-19(10,15)20(11,26)12(21)9-17/h4,8,10,13-15,22-23,26H,1,5-7,9H2,2-3H3,(H,24,25)/t10-,13+,14-,15-,17+,18-,19-,20-/m0/s1. The van der Waals surface area contributed by atoms with E-state index >= 15 is 0 Å². The molecule has 0 aromatic rings. The van der Waals surface area contributed by atoms with Crippen LogP contribution < -0.4 is 0 Å². The third-order valence-corrected chi connectivity index (χ3v) is 7.87. The molecule has 0 radical (unpaired) electrons. The van der Waals surface area contributed by atoms with Gasteiger partial charge in [-0.1, -0.05) is 19.1 Å². The van der Waals surface area contributed by atoms with Gasteiger partial charge in [-0.3, -0.25) is 9.59 Å². The summed E-state index contributed by atoms with van der Waals surface area (Å²) in [6, 6.07) is 0. The van der Waals surface area contributed by atoms with Crippen LogP contribution in [0.2, 0.25) is 0 Å². The van der Waals surface area contributed by atoms with Crippen LogP contribution in [-0.2, 0) is 9.59 Å². The van der Waals surface area contributed by atoms with E-state index in [-0.39, 0.29) is 17.9 Å². The van der Waals surface area contributed by atoms with Crippen LogP contribution in [0.3, 0.4) is 0 Å². The van der Waals surface area contributed by atoms with Gasteiger partial charge in [0.25, 0.3) is 0 Å². The van der Waals surface area contributed by atoms with Gasteiger partial charge < -0.3 is 20.4 Å². The molecule has 0 aliphatic heterocycles. The number of carbonyl (C=O) groups is 2. The summed E-state index contributed by atoms with van der Waals surface area (Å²) in [7, 11) is 0. The van der Waals surface area contributed by atoms with Gasteiger partial charge in [0.05, 0.1) is 11.5 Å². The Bertz CT molecular complexity index is 757. The molecule has 4 rings (SSSR count). The van der Waals surface area contributed by atoms with Crippen molar-refractivity contribution in [2.75, 3.05) is 0 Å². The maximum atomic E-state index is 13.2. The number of ketones is 1. The molecule has 0 bridgehead atoms. The van der Waals surface area contributed by atoms with Crippen LogP contribution in [0.15, 0.2) is 24.3 Å². The van der Waals surface area contributed by atoms with Gasteiger partial charge in [-0.25, -0.2) is 0 Å². The number of carboxylic acid groups (broad SMARTS) is 1. The molecule has 0 heterocycles. The molecule has 6 nitrogen and oxygen atoms in total. The van der Waals surface area contributed by atoms with E-state index < -0.39 is 51.7 Å². The number of fused-ring (bicyclic) bond motifs is 1. The summed E-state index contributed by atoms with van der Waals surface area (Å²) in [6.45, 7) is 7.10. The van der Waals surface area contributed by atoms with Crippen LogP contribution in [0.25, 0.3) is 0 Å². The lowest BCUT2D eigenvalue weighted by Crippen LogP contribution is -2.70. The molecule has 8 atom stereocenters. The van der Waals surface area contributed by atoms with Crippen molar-refractivity contribution in [3.8, 4) is 0 Å². The fourth-order valence-corrected chi connectivity index (χ4v) is 6.35. The summed E-state index contributed by atoms with van der Waals surface area (Å²) in [6.07, 6.45) is 1.93. The van der Waals surface area contributed by atoms with Crippen LogP contribution in [0, 0.1) is 28.1 Å². The average molecular weight is 362 g/mol. The van der Waals surface area contributed by atoms with Crippen molar-refractivity contribution in [2.45, 2.75) is 57.3 Å². The third kappa shape index (κ3) is 1.73. The number of carbonyl (C=O) groups excluding carboxylic acids is 1. The summed E-state index contributed by atoms with van der Waals surface area (Å²) in [5.74, 6) is -2.37. The number of allylic oxidation sites excluding steroid dienone is 2. The van der Waals surface area contributed by atoms with Gasteiger partial charge in [0, 0.05) is 23.2 Å². The molecule has 1 spiro atoms. The lowest BCUT2D eigenvalue weighted by Gasteiger charge is -2.59. The Hall–Kier alpha value is -1.50. The molecule has 3 saturated carbocycles. The van der Waals surface area contributed by atoms with Crippen LogP contribution in [0.5, 0.6) is 0 Å². The minimum atomic E-state index is -1.92. The molecule has 4 aliphatic carbocycles. The second-order valence-corrected chi connectivity index (χ2v) is 9.24. The van der Waals surface area contributed by atoms with Crippen LogP contribution in [0.1, 0.15) is 39.5 Å². The van der Waals surface area contributed by atoms with E-state index in [0.717, 1.165) is 0 Å². The molecule has 0 aromatic heterocycles. The molecule has 142 valence electrons. The largest absolute Gasteiger partial charge is 0.481 e. The molecule has 0 saturated heterocycles. The van der Waals surface area contributed by atoms with E-state index in [1.165, 1.54) is 0 Å². The topological polar surface area (TPSA) is 115 Å². The van der Waals surface area contributed by atoms with Gasteiger partial charge in [-0.2, -0.15) is 0 Å². The van der Waals surface area contributed by atoms with Gasteiger partial charge in [0.1, 0.15) is 6.10 Å². The summed E-state index contributed by atoms with van der Waals surface area (Å²) >= 11 is 0. The molecule has 3 fully saturated rings. The minimum Gasteiger partial charge on any atom is -0.481 e. The van der Waals surface area contributed by atoms with Crippen LogP contribution in [0.4, 0.5) is 0 Å². The van der Waals surface area contributed by atoms with Crippen molar-refractivity contribution in [3.63, 3.8) is 0 Å². The highest BCUT2D eigenvalue weighted by Gasteiger charge is 2.82. The van der Waals surface area contributed by atoms with Gasteiger partial charge in [0.15, 0.2) is 11.4 Å². The lowest BCUT2D eigenvalue weighted by molar-refractivity contribution is -0.204.